The fraction of sp³-hybridized carbons (Fsp3) is 0.533. The lowest BCUT2D eigenvalue weighted by Gasteiger charge is -2.38. The van der Waals surface area contributed by atoms with Gasteiger partial charge in [0.2, 0.25) is 0 Å². The number of Topliss-reactive ketones (excluding diaryl/α,β-unsaturated/α-hetero) is 1. The van der Waals surface area contributed by atoms with Crippen molar-refractivity contribution in [3.63, 3.8) is 0 Å². The molecular formula is C15H20O4. The van der Waals surface area contributed by atoms with E-state index in [2.05, 4.69) is 0 Å². The molecule has 0 radical (unpaired) electrons. The van der Waals surface area contributed by atoms with Gasteiger partial charge in [-0.15, -0.1) is 0 Å². The van der Waals surface area contributed by atoms with Gasteiger partial charge in [-0.1, -0.05) is 30.3 Å². The van der Waals surface area contributed by atoms with Crippen molar-refractivity contribution in [1.82, 2.24) is 0 Å². The quantitative estimate of drug-likeness (QED) is 0.837. The van der Waals surface area contributed by atoms with Crippen LogP contribution in [0.5, 0.6) is 0 Å². The average Bonchev–Trinajstić information content (AvgIpc) is 2.43. The van der Waals surface area contributed by atoms with E-state index in [0.29, 0.717) is 13.0 Å². The zero-order valence-corrected chi connectivity index (χ0v) is 11.6. The Kier molecular flexibility index (Phi) is 4.34. The van der Waals surface area contributed by atoms with Crippen LogP contribution < -0.4 is 0 Å². The molecule has 0 aromatic heterocycles. The van der Waals surface area contributed by atoms with Gasteiger partial charge in [-0.3, -0.25) is 4.79 Å². The van der Waals surface area contributed by atoms with E-state index in [-0.39, 0.29) is 5.78 Å². The summed E-state index contributed by atoms with van der Waals surface area (Å²) in [4.78, 5) is 12.0. The summed E-state index contributed by atoms with van der Waals surface area (Å²) in [5, 5.41) is 0. The number of ether oxygens (including phenoxy) is 3. The van der Waals surface area contributed by atoms with Crippen LogP contribution in [0.15, 0.2) is 30.3 Å². The van der Waals surface area contributed by atoms with Crippen molar-refractivity contribution in [3.05, 3.63) is 35.9 Å². The maximum atomic E-state index is 12.0. The Morgan fingerprint density at radius 3 is 2.68 bits per heavy atom. The first-order valence-corrected chi connectivity index (χ1v) is 6.45. The summed E-state index contributed by atoms with van der Waals surface area (Å²) in [6.07, 6.45) is -0.503. The Labute approximate surface area is 113 Å². The number of hydrogen-bond donors (Lipinski definition) is 0. The van der Waals surface area contributed by atoms with Crippen molar-refractivity contribution in [2.24, 2.45) is 0 Å². The van der Waals surface area contributed by atoms with Crippen LogP contribution in [0, 0.1) is 0 Å². The molecule has 0 amide bonds. The molecule has 0 aliphatic carbocycles. The topological polar surface area (TPSA) is 44.8 Å². The summed E-state index contributed by atoms with van der Waals surface area (Å²) >= 11 is 0. The third kappa shape index (κ3) is 3.21. The second-order valence-corrected chi connectivity index (χ2v) is 5.01. The maximum absolute atomic E-state index is 12.0. The SMILES string of the molecule is CO[C@]1(C)C[C@@H](OCc2ccccc2)O[C@@H](C)C1=O. The number of carbonyl (C=O) groups is 1. The first kappa shape index (κ1) is 14.2. The summed E-state index contributed by atoms with van der Waals surface area (Å²) in [5.41, 5.74) is 0.258. The molecule has 1 aliphatic heterocycles. The van der Waals surface area contributed by atoms with Gasteiger partial charge in [0.1, 0.15) is 11.7 Å². The smallest absolute Gasteiger partial charge is 0.192 e. The van der Waals surface area contributed by atoms with E-state index < -0.39 is 18.0 Å². The molecule has 1 aliphatic rings. The summed E-state index contributed by atoms with van der Waals surface area (Å²) in [6, 6.07) is 9.88. The standard InChI is InChI=1S/C15H20O4/c1-11-14(16)15(2,17-3)9-13(19-11)18-10-12-7-5-4-6-8-12/h4-8,11,13H,9-10H2,1-3H3/t11-,13-,15+/m0/s1. The van der Waals surface area contributed by atoms with E-state index >= 15 is 0 Å². The second kappa shape index (κ2) is 5.82. The molecule has 19 heavy (non-hydrogen) atoms. The van der Waals surface area contributed by atoms with E-state index in [1.54, 1.807) is 21.0 Å². The molecule has 1 fully saturated rings. The first-order chi connectivity index (χ1) is 9.05. The van der Waals surface area contributed by atoms with Gasteiger partial charge < -0.3 is 14.2 Å². The van der Waals surface area contributed by atoms with E-state index in [9.17, 15) is 4.79 Å². The molecule has 0 spiro atoms. The third-order valence-electron chi connectivity index (χ3n) is 3.53. The Bertz CT molecular complexity index is 431. The molecule has 104 valence electrons. The van der Waals surface area contributed by atoms with Crippen molar-refractivity contribution in [1.29, 1.82) is 0 Å². The van der Waals surface area contributed by atoms with Crippen molar-refractivity contribution in [2.45, 2.75) is 44.9 Å². The van der Waals surface area contributed by atoms with Gasteiger partial charge in [-0.25, -0.2) is 0 Å². The van der Waals surface area contributed by atoms with Crippen LogP contribution in [0.3, 0.4) is 0 Å². The molecule has 0 bridgehead atoms. The number of rotatable bonds is 4. The molecule has 2 rings (SSSR count). The first-order valence-electron chi connectivity index (χ1n) is 6.45. The van der Waals surface area contributed by atoms with Crippen molar-refractivity contribution >= 4 is 5.78 Å². The lowest BCUT2D eigenvalue weighted by Crippen LogP contribution is -2.53. The van der Waals surface area contributed by atoms with Crippen LogP contribution in [-0.2, 0) is 25.6 Å². The van der Waals surface area contributed by atoms with E-state index in [4.69, 9.17) is 14.2 Å². The average molecular weight is 264 g/mol. The van der Waals surface area contributed by atoms with Crippen LogP contribution in [-0.4, -0.2) is 30.9 Å². The highest BCUT2D eigenvalue weighted by molar-refractivity contribution is 5.91. The normalized spacial score (nSPS) is 31.4. The van der Waals surface area contributed by atoms with Gasteiger partial charge in [-0.05, 0) is 19.4 Å². The molecular weight excluding hydrogens is 244 g/mol. The molecule has 1 aromatic carbocycles. The minimum absolute atomic E-state index is 0.0328. The van der Waals surface area contributed by atoms with Gasteiger partial charge in [0.05, 0.1) is 6.61 Å². The fourth-order valence-corrected chi connectivity index (χ4v) is 2.23. The maximum Gasteiger partial charge on any atom is 0.192 e. The number of methoxy groups -OCH3 is 1. The highest BCUT2D eigenvalue weighted by Gasteiger charge is 2.44. The van der Waals surface area contributed by atoms with Gasteiger partial charge in [0.15, 0.2) is 12.1 Å². The number of ketones is 1. The predicted molar refractivity (Wildman–Crippen MR) is 70.6 cm³/mol. The van der Waals surface area contributed by atoms with E-state index in [1.807, 2.05) is 30.3 Å². The molecule has 1 heterocycles. The van der Waals surface area contributed by atoms with Crippen molar-refractivity contribution in [2.75, 3.05) is 7.11 Å². The van der Waals surface area contributed by atoms with Crippen molar-refractivity contribution in [3.8, 4) is 0 Å². The summed E-state index contributed by atoms with van der Waals surface area (Å²) < 4.78 is 16.6. The third-order valence-corrected chi connectivity index (χ3v) is 3.53. The van der Waals surface area contributed by atoms with Gasteiger partial charge in [0.25, 0.3) is 0 Å². The lowest BCUT2D eigenvalue weighted by molar-refractivity contribution is -0.230. The summed E-state index contributed by atoms with van der Waals surface area (Å²) in [6.45, 7) is 3.98. The Balaban J connectivity index is 1.96. The molecule has 4 nitrogen and oxygen atoms in total. The Morgan fingerprint density at radius 1 is 1.37 bits per heavy atom. The largest absolute Gasteiger partial charge is 0.370 e. The van der Waals surface area contributed by atoms with Crippen molar-refractivity contribution < 1.29 is 19.0 Å². The molecule has 1 saturated heterocycles. The Hall–Kier alpha value is -1.23. The molecule has 3 atom stereocenters. The predicted octanol–water partition coefficient (Wildman–Crippen LogP) is 2.31. The van der Waals surface area contributed by atoms with E-state index in [1.165, 1.54) is 0 Å². The van der Waals surface area contributed by atoms with E-state index in [0.717, 1.165) is 5.56 Å². The Morgan fingerprint density at radius 2 is 2.05 bits per heavy atom. The van der Waals surface area contributed by atoms with Gasteiger partial charge in [0, 0.05) is 13.5 Å². The molecule has 0 unspecified atom stereocenters. The minimum Gasteiger partial charge on any atom is -0.370 e. The molecule has 1 aromatic rings. The van der Waals surface area contributed by atoms with Gasteiger partial charge >= 0.3 is 0 Å². The van der Waals surface area contributed by atoms with Gasteiger partial charge in [-0.2, -0.15) is 0 Å². The molecule has 0 N–H and O–H groups in total. The van der Waals surface area contributed by atoms with Crippen LogP contribution in [0.1, 0.15) is 25.8 Å². The molecule has 0 saturated carbocycles. The number of benzene rings is 1. The monoisotopic (exact) mass is 264 g/mol. The zero-order chi connectivity index (χ0) is 13.9. The second-order valence-electron chi connectivity index (χ2n) is 5.01. The highest BCUT2D eigenvalue weighted by atomic mass is 16.7. The number of hydrogen-bond acceptors (Lipinski definition) is 4. The highest BCUT2D eigenvalue weighted by Crippen LogP contribution is 2.29. The minimum atomic E-state index is -0.820. The van der Waals surface area contributed by atoms with Crippen LogP contribution >= 0.6 is 0 Å². The summed E-state index contributed by atoms with van der Waals surface area (Å²) in [7, 11) is 1.55. The van der Waals surface area contributed by atoms with Crippen LogP contribution in [0.25, 0.3) is 0 Å². The fourth-order valence-electron chi connectivity index (χ4n) is 2.23. The summed E-state index contributed by atoms with van der Waals surface area (Å²) in [5.74, 6) is -0.0328. The zero-order valence-electron chi connectivity index (χ0n) is 11.6. The van der Waals surface area contributed by atoms with Crippen LogP contribution in [0.2, 0.25) is 0 Å². The lowest BCUT2D eigenvalue weighted by atomic mass is 9.90. The van der Waals surface area contributed by atoms with Crippen LogP contribution in [0.4, 0.5) is 0 Å². The number of carbonyl (C=O) groups excluding carboxylic acids is 1. The molecule has 4 heteroatoms.